The van der Waals surface area contributed by atoms with E-state index in [1.54, 1.807) is 24.3 Å². The van der Waals surface area contributed by atoms with E-state index in [4.69, 9.17) is 4.42 Å². The smallest absolute Gasteiger partial charge is 0.323 e. The molecule has 0 saturated heterocycles. The molecule has 0 atom stereocenters. The molecule has 0 spiro atoms. The van der Waals surface area contributed by atoms with Gasteiger partial charge in [-0.1, -0.05) is 6.07 Å². The quantitative estimate of drug-likeness (QED) is 0.921. The SMILES string of the molecule is Cc1cccc(NC(=O)N(C)Cc2ccoc2C)n1. The fraction of sp³-hybridized carbons (Fsp3) is 0.286. The topological polar surface area (TPSA) is 58.4 Å². The molecule has 2 aromatic rings. The predicted octanol–water partition coefficient (Wildman–Crippen LogP) is 2.96. The summed E-state index contributed by atoms with van der Waals surface area (Å²) in [5.74, 6) is 1.38. The number of aromatic nitrogens is 1. The first kappa shape index (κ1) is 13.1. The molecule has 5 nitrogen and oxygen atoms in total. The van der Waals surface area contributed by atoms with Gasteiger partial charge in [-0.25, -0.2) is 9.78 Å². The number of aryl methyl sites for hydroxylation is 2. The summed E-state index contributed by atoms with van der Waals surface area (Å²) in [7, 11) is 1.73. The van der Waals surface area contributed by atoms with Crippen molar-refractivity contribution in [3.05, 3.63) is 47.5 Å². The largest absolute Gasteiger partial charge is 0.469 e. The van der Waals surface area contributed by atoms with Crippen LogP contribution in [0.1, 0.15) is 17.0 Å². The molecule has 100 valence electrons. The highest BCUT2D eigenvalue weighted by Crippen LogP contribution is 2.12. The molecule has 0 unspecified atom stereocenters. The van der Waals surface area contributed by atoms with Crippen LogP contribution in [0.15, 0.2) is 34.9 Å². The first-order valence-corrected chi connectivity index (χ1v) is 6.05. The van der Waals surface area contributed by atoms with Gasteiger partial charge in [0.05, 0.1) is 12.8 Å². The number of rotatable bonds is 3. The Morgan fingerprint density at radius 3 is 2.79 bits per heavy atom. The molecule has 5 heteroatoms. The fourth-order valence-corrected chi connectivity index (χ4v) is 1.72. The van der Waals surface area contributed by atoms with E-state index >= 15 is 0 Å². The summed E-state index contributed by atoms with van der Waals surface area (Å²) in [4.78, 5) is 17.8. The molecule has 2 rings (SSSR count). The highest BCUT2D eigenvalue weighted by molar-refractivity contribution is 5.88. The number of furan rings is 1. The Hall–Kier alpha value is -2.30. The lowest BCUT2D eigenvalue weighted by Crippen LogP contribution is -2.31. The van der Waals surface area contributed by atoms with E-state index in [-0.39, 0.29) is 6.03 Å². The summed E-state index contributed by atoms with van der Waals surface area (Å²) < 4.78 is 5.21. The average molecular weight is 259 g/mol. The first-order valence-electron chi connectivity index (χ1n) is 6.05. The van der Waals surface area contributed by atoms with E-state index in [0.29, 0.717) is 12.4 Å². The maximum Gasteiger partial charge on any atom is 0.323 e. The third-order valence-corrected chi connectivity index (χ3v) is 2.84. The van der Waals surface area contributed by atoms with Crippen LogP contribution in [0, 0.1) is 13.8 Å². The number of hydrogen-bond acceptors (Lipinski definition) is 3. The van der Waals surface area contributed by atoms with E-state index < -0.39 is 0 Å². The zero-order chi connectivity index (χ0) is 13.8. The molecule has 2 aromatic heterocycles. The molecule has 0 aliphatic carbocycles. The van der Waals surface area contributed by atoms with E-state index in [0.717, 1.165) is 17.0 Å². The predicted molar refractivity (Wildman–Crippen MR) is 72.9 cm³/mol. The number of urea groups is 1. The number of carbonyl (C=O) groups excluding carboxylic acids is 1. The number of carbonyl (C=O) groups is 1. The summed E-state index contributed by atoms with van der Waals surface area (Å²) in [6.07, 6.45) is 1.62. The molecule has 2 heterocycles. The van der Waals surface area contributed by atoms with Gasteiger partial charge in [-0.3, -0.25) is 5.32 Å². The maximum atomic E-state index is 12.0. The van der Waals surface area contributed by atoms with E-state index in [1.165, 1.54) is 0 Å². The number of hydrogen-bond donors (Lipinski definition) is 1. The fourth-order valence-electron chi connectivity index (χ4n) is 1.72. The monoisotopic (exact) mass is 259 g/mol. The molecule has 0 aromatic carbocycles. The molecule has 19 heavy (non-hydrogen) atoms. The van der Waals surface area contributed by atoms with Crippen molar-refractivity contribution in [2.75, 3.05) is 12.4 Å². The third-order valence-electron chi connectivity index (χ3n) is 2.84. The lowest BCUT2D eigenvalue weighted by atomic mass is 10.2. The van der Waals surface area contributed by atoms with Crippen LogP contribution in [0.5, 0.6) is 0 Å². The summed E-state index contributed by atoms with van der Waals surface area (Å²) in [6, 6.07) is 7.18. The van der Waals surface area contributed by atoms with Crippen molar-refractivity contribution in [2.24, 2.45) is 0 Å². The number of pyridine rings is 1. The molecule has 2 amide bonds. The van der Waals surface area contributed by atoms with Gasteiger partial charge in [0.15, 0.2) is 0 Å². The van der Waals surface area contributed by atoms with Gasteiger partial charge in [0.2, 0.25) is 0 Å². The minimum absolute atomic E-state index is 0.196. The second-order valence-corrected chi connectivity index (χ2v) is 4.45. The molecule has 0 radical (unpaired) electrons. The molecule has 0 aliphatic rings. The lowest BCUT2D eigenvalue weighted by molar-refractivity contribution is 0.220. The number of amides is 2. The lowest BCUT2D eigenvalue weighted by Gasteiger charge is -2.17. The molecular weight excluding hydrogens is 242 g/mol. The molecule has 1 N–H and O–H groups in total. The summed E-state index contributed by atoms with van der Waals surface area (Å²) in [5, 5.41) is 2.76. The Labute approximate surface area is 112 Å². The van der Waals surface area contributed by atoms with Crippen molar-refractivity contribution in [1.29, 1.82) is 0 Å². The van der Waals surface area contributed by atoms with Crippen LogP contribution in [-0.4, -0.2) is 23.0 Å². The zero-order valence-corrected chi connectivity index (χ0v) is 11.3. The molecule has 0 fully saturated rings. The first-order chi connectivity index (χ1) is 9.06. The standard InChI is InChI=1S/C14H17N3O2/c1-10-5-4-6-13(15-10)16-14(18)17(3)9-12-7-8-19-11(12)2/h4-8H,9H2,1-3H3,(H,15,16,18). The minimum Gasteiger partial charge on any atom is -0.469 e. The summed E-state index contributed by atoms with van der Waals surface area (Å²) >= 11 is 0. The van der Waals surface area contributed by atoms with Gasteiger partial charge in [-0.15, -0.1) is 0 Å². The summed E-state index contributed by atoms with van der Waals surface area (Å²) in [5.41, 5.74) is 1.86. The Morgan fingerprint density at radius 2 is 2.16 bits per heavy atom. The number of nitrogens with zero attached hydrogens (tertiary/aromatic N) is 2. The second-order valence-electron chi connectivity index (χ2n) is 4.45. The van der Waals surface area contributed by atoms with Crippen molar-refractivity contribution in [3.63, 3.8) is 0 Å². The molecule has 0 aliphatic heterocycles. The minimum atomic E-state index is -0.196. The Morgan fingerprint density at radius 1 is 1.37 bits per heavy atom. The van der Waals surface area contributed by atoms with Crippen LogP contribution >= 0.6 is 0 Å². The zero-order valence-electron chi connectivity index (χ0n) is 11.3. The second kappa shape index (κ2) is 5.56. The highest BCUT2D eigenvalue weighted by Gasteiger charge is 2.12. The van der Waals surface area contributed by atoms with Crippen molar-refractivity contribution in [1.82, 2.24) is 9.88 Å². The van der Waals surface area contributed by atoms with Crippen LogP contribution in [-0.2, 0) is 6.54 Å². The van der Waals surface area contributed by atoms with Gasteiger partial charge < -0.3 is 9.32 Å². The third kappa shape index (κ3) is 3.34. The Kier molecular flexibility index (Phi) is 3.85. The van der Waals surface area contributed by atoms with Crippen LogP contribution in [0.2, 0.25) is 0 Å². The van der Waals surface area contributed by atoms with Gasteiger partial charge in [0, 0.05) is 18.3 Å². The van der Waals surface area contributed by atoms with Crippen LogP contribution in [0.3, 0.4) is 0 Å². The van der Waals surface area contributed by atoms with Crippen molar-refractivity contribution < 1.29 is 9.21 Å². The number of anilines is 1. The highest BCUT2D eigenvalue weighted by atomic mass is 16.3. The Bertz CT molecular complexity index is 578. The van der Waals surface area contributed by atoms with Crippen molar-refractivity contribution in [3.8, 4) is 0 Å². The molecule has 0 saturated carbocycles. The van der Waals surface area contributed by atoms with Gasteiger partial charge in [0.25, 0.3) is 0 Å². The Balaban J connectivity index is 1.98. The van der Waals surface area contributed by atoms with E-state index in [1.807, 2.05) is 32.0 Å². The normalized spacial score (nSPS) is 10.3. The van der Waals surface area contributed by atoms with Crippen molar-refractivity contribution >= 4 is 11.8 Å². The van der Waals surface area contributed by atoms with Crippen LogP contribution in [0.25, 0.3) is 0 Å². The van der Waals surface area contributed by atoms with Gasteiger partial charge in [-0.2, -0.15) is 0 Å². The van der Waals surface area contributed by atoms with Crippen LogP contribution in [0.4, 0.5) is 10.6 Å². The number of nitrogens with one attached hydrogen (secondary N) is 1. The van der Waals surface area contributed by atoms with Gasteiger partial charge in [-0.05, 0) is 32.0 Å². The maximum absolute atomic E-state index is 12.0. The van der Waals surface area contributed by atoms with Gasteiger partial charge in [0.1, 0.15) is 11.6 Å². The van der Waals surface area contributed by atoms with Crippen molar-refractivity contribution in [2.45, 2.75) is 20.4 Å². The van der Waals surface area contributed by atoms with E-state index in [9.17, 15) is 4.79 Å². The molecular formula is C14H17N3O2. The van der Waals surface area contributed by atoms with Crippen LogP contribution < -0.4 is 5.32 Å². The van der Waals surface area contributed by atoms with Gasteiger partial charge >= 0.3 is 6.03 Å². The molecule has 0 bridgehead atoms. The summed E-state index contributed by atoms with van der Waals surface area (Å²) in [6.45, 7) is 4.26. The average Bonchev–Trinajstić information content (AvgIpc) is 2.75. The van der Waals surface area contributed by atoms with E-state index in [2.05, 4.69) is 10.3 Å².